The van der Waals surface area contributed by atoms with Crippen LogP contribution in [0.25, 0.3) is 0 Å². The molecule has 0 aromatic carbocycles. The lowest BCUT2D eigenvalue weighted by Crippen LogP contribution is -2.15. The highest BCUT2D eigenvalue weighted by molar-refractivity contribution is 9.10. The predicted octanol–water partition coefficient (Wildman–Crippen LogP) is 2.66. The number of nitrogens with one attached hydrogen (secondary N) is 1. The minimum absolute atomic E-state index is 1.06. The molecule has 0 fully saturated rings. The van der Waals surface area contributed by atoms with E-state index in [1.54, 1.807) is 0 Å². The number of hydrogen-bond acceptors (Lipinski definition) is 2. The van der Waals surface area contributed by atoms with Crippen molar-refractivity contribution < 1.29 is 0 Å². The van der Waals surface area contributed by atoms with Gasteiger partial charge in [0, 0.05) is 14.7 Å². The van der Waals surface area contributed by atoms with Gasteiger partial charge in [0.15, 0.2) is 0 Å². The van der Waals surface area contributed by atoms with Gasteiger partial charge < -0.3 is 5.32 Å². The summed E-state index contributed by atoms with van der Waals surface area (Å²) < 4.78 is 1.20. The van der Waals surface area contributed by atoms with Crippen LogP contribution in [0.1, 0.15) is 11.8 Å². The van der Waals surface area contributed by atoms with Crippen molar-refractivity contribution in [2.75, 3.05) is 13.1 Å². The van der Waals surface area contributed by atoms with Gasteiger partial charge in [-0.3, -0.25) is 0 Å². The second kappa shape index (κ2) is 4.91. The molecular weight excluding hydrogens is 222 g/mol. The zero-order chi connectivity index (χ0) is 8.10. The smallest absolute Gasteiger partial charge is 0.0285 e. The molecule has 1 aromatic rings. The average Bonchev–Trinajstić information content (AvgIpc) is 2.37. The van der Waals surface area contributed by atoms with E-state index in [9.17, 15) is 0 Å². The maximum absolute atomic E-state index is 3.43. The lowest BCUT2D eigenvalue weighted by Gasteiger charge is -1.97. The third-order valence-corrected chi connectivity index (χ3v) is 3.18. The van der Waals surface area contributed by atoms with E-state index < -0.39 is 0 Å². The molecule has 1 aromatic heterocycles. The van der Waals surface area contributed by atoms with Crippen LogP contribution in [0.5, 0.6) is 0 Å². The fourth-order valence-electron chi connectivity index (χ4n) is 0.873. The molecule has 0 atom stereocenters. The first kappa shape index (κ1) is 9.23. The Morgan fingerprint density at radius 3 is 3.00 bits per heavy atom. The third kappa shape index (κ3) is 3.36. The van der Waals surface area contributed by atoms with Crippen molar-refractivity contribution in [3.63, 3.8) is 0 Å². The highest BCUT2D eigenvalue weighted by Gasteiger charge is 1.95. The van der Waals surface area contributed by atoms with Crippen LogP contribution in [0.4, 0.5) is 0 Å². The number of halogens is 1. The quantitative estimate of drug-likeness (QED) is 0.790. The van der Waals surface area contributed by atoms with Gasteiger partial charge in [0.2, 0.25) is 0 Å². The first-order valence-corrected chi connectivity index (χ1v) is 5.44. The monoisotopic (exact) mass is 233 g/mol. The van der Waals surface area contributed by atoms with Crippen LogP contribution >= 0.6 is 27.3 Å². The predicted molar refractivity (Wildman–Crippen MR) is 54.3 cm³/mol. The van der Waals surface area contributed by atoms with E-state index >= 15 is 0 Å². The van der Waals surface area contributed by atoms with Crippen LogP contribution in [-0.4, -0.2) is 13.1 Å². The van der Waals surface area contributed by atoms with Gasteiger partial charge in [-0.15, -0.1) is 11.3 Å². The van der Waals surface area contributed by atoms with E-state index in [2.05, 4.69) is 39.6 Å². The Morgan fingerprint density at radius 2 is 2.45 bits per heavy atom. The highest BCUT2D eigenvalue weighted by atomic mass is 79.9. The lowest BCUT2D eigenvalue weighted by molar-refractivity contribution is 0.721. The summed E-state index contributed by atoms with van der Waals surface area (Å²) in [6.07, 6.45) is 1.14. The van der Waals surface area contributed by atoms with Gasteiger partial charge in [0.05, 0.1) is 0 Å². The first-order valence-electron chi connectivity index (χ1n) is 3.76. The summed E-state index contributed by atoms with van der Waals surface area (Å²) in [6, 6.07) is 2.18. The second-order valence-corrected chi connectivity index (χ2v) is 4.25. The van der Waals surface area contributed by atoms with Crippen molar-refractivity contribution in [3.05, 3.63) is 20.8 Å². The Labute approximate surface area is 79.9 Å². The minimum Gasteiger partial charge on any atom is -0.317 e. The van der Waals surface area contributed by atoms with Gasteiger partial charge in [-0.2, -0.15) is 0 Å². The van der Waals surface area contributed by atoms with E-state index in [4.69, 9.17) is 0 Å². The summed E-state index contributed by atoms with van der Waals surface area (Å²) in [5, 5.41) is 5.42. The zero-order valence-electron chi connectivity index (χ0n) is 6.56. The molecule has 0 saturated heterocycles. The fraction of sp³-hybridized carbons (Fsp3) is 0.500. The van der Waals surface area contributed by atoms with Crippen LogP contribution in [0, 0.1) is 0 Å². The molecule has 0 unspecified atom stereocenters. The normalized spacial score (nSPS) is 10.4. The van der Waals surface area contributed by atoms with E-state index in [0.717, 1.165) is 19.5 Å². The Morgan fingerprint density at radius 1 is 1.64 bits per heavy atom. The highest BCUT2D eigenvalue weighted by Crippen LogP contribution is 2.19. The standard InChI is InChI=1S/C8H12BrNS/c1-2-10-4-3-8-5-7(9)6-11-8/h5-6,10H,2-4H2,1H3. The molecule has 0 aliphatic rings. The van der Waals surface area contributed by atoms with Crippen LogP contribution in [-0.2, 0) is 6.42 Å². The summed E-state index contributed by atoms with van der Waals surface area (Å²) in [6.45, 7) is 4.28. The largest absolute Gasteiger partial charge is 0.317 e. The van der Waals surface area contributed by atoms with E-state index in [1.807, 2.05) is 11.3 Å². The van der Waals surface area contributed by atoms with E-state index in [1.165, 1.54) is 9.35 Å². The molecule has 0 radical (unpaired) electrons. The molecule has 11 heavy (non-hydrogen) atoms. The summed E-state index contributed by atoms with van der Waals surface area (Å²) in [7, 11) is 0. The SMILES string of the molecule is CCNCCc1cc(Br)cs1. The molecule has 0 aliphatic carbocycles. The molecule has 1 heterocycles. The summed E-state index contributed by atoms with van der Waals surface area (Å²) in [4.78, 5) is 1.44. The molecular formula is C8H12BrNS. The first-order chi connectivity index (χ1) is 5.33. The van der Waals surface area contributed by atoms with E-state index in [0.29, 0.717) is 0 Å². The molecule has 0 bridgehead atoms. The molecule has 3 heteroatoms. The van der Waals surface area contributed by atoms with Gasteiger partial charge in [-0.1, -0.05) is 6.92 Å². The molecule has 62 valence electrons. The lowest BCUT2D eigenvalue weighted by atomic mass is 10.3. The second-order valence-electron chi connectivity index (χ2n) is 2.33. The van der Waals surface area contributed by atoms with Crippen molar-refractivity contribution in [1.29, 1.82) is 0 Å². The zero-order valence-corrected chi connectivity index (χ0v) is 8.96. The van der Waals surface area contributed by atoms with Crippen molar-refractivity contribution >= 4 is 27.3 Å². The number of thiophene rings is 1. The topological polar surface area (TPSA) is 12.0 Å². The summed E-state index contributed by atoms with van der Waals surface area (Å²) in [5.74, 6) is 0. The summed E-state index contributed by atoms with van der Waals surface area (Å²) >= 11 is 5.24. The van der Waals surface area contributed by atoms with Crippen molar-refractivity contribution in [2.24, 2.45) is 0 Å². The number of rotatable bonds is 4. The van der Waals surface area contributed by atoms with Crippen LogP contribution in [0.2, 0.25) is 0 Å². The Hall–Kier alpha value is 0.140. The minimum atomic E-state index is 1.06. The van der Waals surface area contributed by atoms with Gasteiger partial charge in [0.1, 0.15) is 0 Å². The summed E-state index contributed by atoms with van der Waals surface area (Å²) in [5.41, 5.74) is 0. The molecule has 0 spiro atoms. The molecule has 1 nitrogen and oxygen atoms in total. The third-order valence-electron chi connectivity index (χ3n) is 1.42. The Bertz CT molecular complexity index is 210. The fourth-order valence-corrected chi connectivity index (χ4v) is 2.33. The maximum atomic E-state index is 3.43. The Kier molecular flexibility index (Phi) is 4.12. The molecule has 1 rings (SSSR count). The Balaban J connectivity index is 2.27. The average molecular weight is 234 g/mol. The van der Waals surface area contributed by atoms with Crippen LogP contribution in [0.15, 0.2) is 15.9 Å². The molecule has 1 N–H and O–H groups in total. The number of likely N-dealkylation sites (N-methyl/N-ethyl adjacent to an activating group) is 1. The van der Waals surface area contributed by atoms with Gasteiger partial charge in [-0.05, 0) is 41.5 Å². The van der Waals surface area contributed by atoms with Gasteiger partial charge in [0.25, 0.3) is 0 Å². The van der Waals surface area contributed by atoms with Gasteiger partial charge >= 0.3 is 0 Å². The van der Waals surface area contributed by atoms with Crippen molar-refractivity contribution in [2.45, 2.75) is 13.3 Å². The van der Waals surface area contributed by atoms with Crippen molar-refractivity contribution in [3.8, 4) is 0 Å². The van der Waals surface area contributed by atoms with E-state index in [-0.39, 0.29) is 0 Å². The van der Waals surface area contributed by atoms with Crippen molar-refractivity contribution in [1.82, 2.24) is 5.32 Å². The van der Waals surface area contributed by atoms with Gasteiger partial charge in [-0.25, -0.2) is 0 Å². The van der Waals surface area contributed by atoms with Crippen LogP contribution < -0.4 is 5.32 Å². The number of hydrogen-bond donors (Lipinski definition) is 1. The molecule has 0 aliphatic heterocycles. The maximum Gasteiger partial charge on any atom is 0.0285 e. The molecule has 0 amide bonds. The van der Waals surface area contributed by atoms with Crippen LogP contribution in [0.3, 0.4) is 0 Å². The molecule has 0 saturated carbocycles.